The molecular formula is C29H29ClF2N4O4. The minimum absolute atomic E-state index is 0.00886. The normalized spacial score (nSPS) is 18.6. The first-order valence-corrected chi connectivity index (χ1v) is 13.5. The fraction of sp³-hybridized carbons (Fsp3) is 0.448. The van der Waals surface area contributed by atoms with Crippen molar-refractivity contribution in [1.29, 1.82) is 5.26 Å². The van der Waals surface area contributed by atoms with Crippen LogP contribution in [0.1, 0.15) is 64.5 Å². The van der Waals surface area contributed by atoms with Crippen molar-refractivity contribution in [1.82, 2.24) is 14.5 Å². The van der Waals surface area contributed by atoms with Crippen LogP contribution in [0.15, 0.2) is 35.4 Å². The van der Waals surface area contributed by atoms with E-state index in [0.717, 1.165) is 44.2 Å². The molecule has 2 aromatic carbocycles. The Morgan fingerprint density at radius 3 is 2.52 bits per heavy atom. The molecule has 1 aliphatic heterocycles. The molecule has 1 saturated heterocycles. The molecular weight excluding hydrogens is 542 g/mol. The number of hydrogen-bond acceptors (Lipinski definition) is 6. The van der Waals surface area contributed by atoms with Crippen LogP contribution in [-0.2, 0) is 4.74 Å². The Labute approximate surface area is 235 Å². The standard InChI is InChI=1S/C29H29ClF2N4O4/c1-28(2,3)40-27(38)35-12-10-29(11-13-35)9-8-17(14-29)36-16-34-21-6-7-22(24(30)23(21)26(36)37)39-25-18(15-33)19(31)4-5-20(25)32/h4-7,16-17H,8-14H2,1-3H3/t17-/m1/s1. The molecule has 1 spiro atoms. The molecule has 40 heavy (non-hydrogen) atoms. The Balaban J connectivity index is 1.38. The largest absolute Gasteiger partial charge is 0.451 e. The molecule has 2 aliphatic rings. The van der Waals surface area contributed by atoms with Crippen LogP contribution in [0.4, 0.5) is 13.6 Å². The molecule has 0 radical (unpaired) electrons. The number of fused-ring (bicyclic) bond motifs is 1. The molecule has 1 saturated carbocycles. The fourth-order valence-electron chi connectivity index (χ4n) is 5.71. The highest BCUT2D eigenvalue weighted by atomic mass is 35.5. The number of aromatic nitrogens is 2. The second-order valence-electron chi connectivity index (χ2n) is 11.5. The highest BCUT2D eigenvalue weighted by molar-refractivity contribution is 6.36. The topological polar surface area (TPSA) is 97.4 Å². The zero-order valence-electron chi connectivity index (χ0n) is 22.5. The van der Waals surface area contributed by atoms with Gasteiger partial charge in [-0.1, -0.05) is 11.6 Å². The number of carbonyl (C=O) groups is 1. The Hall–Kier alpha value is -3.71. The van der Waals surface area contributed by atoms with E-state index in [0.29, 0.717) is 18.6 Å². The quantitative estimate of drug-likeness (QED) is 0.346. The molecule has 8 nitrogen and oxygen atoms in total. The number of hydrogen-bond donors (Lipinski definition) is 0. The maximum atomic E-state index is 14.4. The van der Waals surface area contributed by atoms with E-state index in [1.165, 1.54) is 18.5 Å². The van der Waals surface area contributed by atoms with Gasteiger partial charge in [0.1, 0.15) is 28.8 Å². The summed E-state index contributed by atoms with van der Waals surface area (Å²) in [6, 6.07) is 6.08. The summed E-state index contributed by atoms with van der Waals surface area (Å²) in [5.74, 6) is -2.58. The summed E-state index contributed by atoms with van der Waals surface area (Å²) in [4.78, 5) is 32.3. The Morgan fingerprint density at radius 2 is 1.85 bits per heavy atom. The van der Waals surface area contributed by atoms with E-state index < -0.39 is 28.5 Å². The number of likely N-dealkylation sites (tertiary alicyclic amines) is 1. The second kappa shape index (κ2) is 10.4. The third-order valence-electron chi connectivity index (χ3n) is 7.78. The molecule has 2 fully saturated rings. The number of carbonyl (C=O) groups excluding carboxylic acids is 1. The molecule has 1 amide bonds. The summed E-state index contributed by atoms with van der Waals surface area (Å²) in [7, 11) is 0. The third-order valence-corrected chi connectivity index (χ3v) is 8.16. The van der Waals surface area contributed by atoms with Crippen molar-refractivity contribution < 1.29 is 23.0 Å². The van der Waals surface area contributed by atoms with Crippen LogP contribution in [0.25, 0.3) is 10.9 Å². The lowest BCUT2D eigenvalue weighted by Gasteiger charge is -2.40. The number of benzene rings is 2. The van der Waals surface area contributed by atoms with Gasteiger partial charge in [0.15, 0.2) is 11.6 Å². The number of amides is 1. The van der Waals surface area contributed by atoms with Gasteiger partial charge in [0.2, 0.25) is 0 Å². The van der Waals surface area contributed by atoms with Crippen molar-refractivity contribution in [2.75, 3.05) is 13.1 Å². The maximum Gasteiger partial charge on any atom is 0.410 e. The predicted molar refractivity (Wildman–Crippen MR) is 145 cm³/mol. The average molecular weight is 571 g/mol. The molecule has 0 N–H and O–H groups in total. The van der Waals surface area contributed by atoms with E-state index in [1.807, 2.05) is 20.8 Å². The second-order valence-corrected chi connectivity index (χ2v) is 11.9. The van der Waals surface area contributed by atoms with E-state index in [9.17, 15) is 23.6 Å². The molecule has 1 aliphatic carbocycles. The number of nitriles is 1. The molecule has 0 bridgehead atoms. The SMILES string of the molecule is CC(C)(C)OC(=O)N1CCC2(CC[C@@H](n3cnc4ccc(Oc5c(F)ccc(F)c5C#N)c(Cl)c4c3=O)C2)CC1. The number of piperidine rings is 1. The lowest BCUT2D eigenvalue weighted by Crippen LogP contribution is -2.44. The summed E-state index contributed by atoms with van der Waals surface area (Å²) < 4.78 is 41.1. The van der Waals surface area contributed by atoms with E-state index in [-0.39, 0.29) is 39.3 Å². The van der Waals surface area contributed by atoms with Crippen LogP contribution in [-0.4, -0.2) is 39.2 Å². The van der Waals surface area contributed by atoms with Gasteiger partial charge in [-0.2, -0.15) is 5.26 Å². The van der Waals surface area contributed by atoms with Crippen LogP contribution in [0.3, 0.4) is 0 Å². The summed E-state index contributed by atoms with van der Waals surface area (Å²) in [5, 5.41) is 9.27. The van der Waals surface area contributed by atoms with Crippen molar-refractivity contribution in [3.63, 3.8) is 0 Å². The summed E-state index contributed by atoms with van der Waals surface area (Å²) >= 11 is 6.57. The lowest BCUT2D eigenvalue weighted by molar-refractivity contribution is 0.0103. The van der Waals surface area contributed by atoms with E-state index in [2.05, 4.69) is 4.98 Å². The highest BCUT2D eigenvalue weighted by Gasteiger charge is 2.43. The monoisotopic (exact) mass is 570 g/mol. The minimum Gasteiger partial charge on any atom is -0.451 e. The van der Waals surface area contributed by atoms with Gasteiger partial charge >= 0.3 is 6.09 Å². The molecule has 210 valence electrons. The van der Waals surface area contributed by atoms with Gasteiger partial charge in [-0.25, -0.2) is 18.6 Å². The van der Waals surface area contributed by atoms with E-state index >= 15 is 0 Å². The van der Waals surface area contributed by atoms with Gasteiger partial charge in [-0.15, -0.1) is 0 Å². The lowest BCUT2D eigenvalue weighted by atomic mass is 9.77. The average Bonchev–Trinajstić information content (AvgIpc) is 3.30. The molecule has 2 heterocycles. The van der Waals surface area contributed by atoms with E-state index in [1.54, 1.807) is 15.5 Å². The number of rotatable bonds is 3. The zero-order valence-corrected chi connectivity index (χ0v) is 23.2. The first kappa shape index (κ1) is 27.8. The molecule has 3 aromatic rings. The molecule has 1 aromatic heterocycles. The summed E-state index contributed by atoms with van der Waals surface area (Å²) in [6.07, 6.45) is 5.29. The molecule has 5 rings (SSSR count). The first-order chi connectivity index (χ1) is 18.9. The van der Waals surface area contributed by atoms with Gasteiger partial charge in [0.05, 0.1) is 22.3 Å². The Bertz CT molecular complexity index is 1590. The van der Waals surface area contributed by atoms with Gasteiger partial charge in [0.25, 0.3) is 5.56 Å². The first-order valence-electron chi connectivity index (χ1n) is 13.1. The van der Waals surface area contributed by atoms with Crippen molar-refractivity contribution in [3.05, 3.63) is 63.2 Å². The number of ether oxygens (including phenoxy) is 2. The minimum atomic E-state index is -0.938. The van der Waals surface area contributed by atoms with Crippen molar-refractivity contribution in [2.24, 2.45) is 5.41 Å². The van der Waals surface area contributed by atoms with Crippen LogP contribution in [0, 0.1) is 28.4 Å². The van der Waals surface area contributed by atoms with Crippen LogP contribution < -0.4 is 10.3 Å². The predicted octanol–water partition coefficient (Wildman–Crippen LogP) is 6.73. The van der Waals surface area contributed by atoms with Gasteiger partial charge in [0, 0.05) is 19.1 Å². The van der Waals surface area contributed by atoms with E-state index in [4.69, 9.17) is 21.1 Å². The van der Waals surface area contributed by atoms with Gasteiger partial charge < -0.3 is 14.4 Å². The third kappa shape index (κ3) is 5.22. The summed E-state index contributed by atoms with van der Waals surface area (Å²) in [6.45, 7) is 6.73. The van der Waals surface area contributed by atoms with Crippen LogP contribution in [0.2, 0.25) is 5.02 Å². The molecule has 11 heteroatoms. The zero-order chi connectivity index (χ0) is 28.8. The Kier molecular flexibility index (Phi) is 7.21. The number of nitrogens with zero attached hydrogens (tertiary/aromatic N) is 4. The number of halogens is 3. The van der Waals surface area contributed by atoms with Crippen molar-refractivity contribution >= 4 is 28.6 Å². The smallest absolute Gasteiger partial charge is 0.410 e. The highest BCUT2D eigenvalue weighted by Crippen LogP contribution is 2.50. The Morgan fingerprint density at radius 1 is 1.15 bits per heavy atom. The van der Waals surface area contributed by atoms with Gasteiger partial charge in [-0.05, 0) is 82.6 Å². The van der Waals surface area contributed by atoms with Crippen molar-refractivity contribution in [3.8, 4) is 17.6 Å². The molecule has 1 atom stereocenters. The fourth-order valence-corrected chi connectivity index (χ4v) is 5.99. The molecule has 0 unspecified atom stereocenters. The summed E-state index contributed by atoms with van der Waals surface area (Å²) in [5.41, 5.74) is -1.18. The van der Waals surface area contributed by atoms with Gasteiger partial charge in [-0.3, -0.25) is 9.36 Å². The van der Waals surface area contributed by atoms with Crippen LogP contribution >= 0.6 is 11.6 Å². The van der Waals surface area contributed by atoms with Crippen LogP contribution in [0.5, 0.6) is 11.5 Å². The maximum absolute atomic E-state index is 14.4. The van der Waals surface area contributed by atoms with Crippen molar-refractivity contribution in [2.45, 2.75) is 64.5 Å².